The Balaban J connectivity index is 1.27. The molecule has 1 aromatic heterocycles. The van der Waals surface area contributed by atoms with E-state index in [0.717, 1.165) is 34.3 Å². The van der Waals surface area contributed by atoms with E-state index in [0.29, 0.717) is 44.2 Å². The van der Waals surface area contributed by atoms with Gasteiger partial charge in [0, 0.05) is 35.9 Å². The van der Waals surface area contributed by atoms with Crippen LogP contribution in [0.4, 0.5) is 17.6 Å². The highest BCUT2D eigenvalue weighted by atomic mass is 32.2. The Morgan fingerprint density at radius 3 is 2.32 bits per heavy atom. The minimum atomic E-state index is -4.18. The van der Waals surface area contributed by atoms with E-state index < -0.39 is 52.2 Å². The zero-order chi connectivity index (χ0) is 26.4. The summed E-state index contributed by atoms with van der Waals surface area (Å²) >= 11 is 0. The van der Waals surface area contributed by atoms with E-state index in [-0.39, 0.29) is 29.6 Å². The van der Waals surface area contributed by atoms with Crippen molar-refractivity contribution in [3.05, 3.63) is 53.9 Å². The highest BCUT2D eigenvalue weighted by Crippen LogP contribution is 2.59. The van der Waals surface area contributed by atoms with Crippen LogP contribution in [0.3, 0.4) is 0 Å². The molecule has 3 saturated carbocycles. The minimum absolute atomic E-state index is 0.0369. The van der Waals surface area contributed by atoms with Crippen molar-refractivity contribution >= 4 is 15.8 Å². The van der Waals surface area contributed by atoms with Crippen LogP contribution >= 0.6 is 0 Å². The van der Waals surface area contributed by atoms with E-state index in [9.17, 15) is 30.8 Å². The lowest BCUT2D eigenvalue weighted by Gasteiger charge is -2.52. The van der Waals surface area contributed by atoms with Gasteiger partial charge in [-0.3, -0.25) is 4.79 Å². The molecule has 4 fully saturated rings. The molecule has 0 radical (unpaired) electrons. The first-order chi connectivity index (χ1) is 17.5. The van der Waals surface area contributed by atoms with Crippen LogP contribution in [0.1, 0.15) is 62.8 Å². The number of aryl methyl sites for hydroxylation is 1. The monoisotopic (exact) mass is 539 g/mol. The Hall–Kier alpha value is -2.40. The molecule has 0 N–H and O–H groups in total. The zero-order valence-corrected chi connectivity index (χ0v) is 21.1. The number of halogens is 4. The van der Waals surface area contributed by atoms with Gasteiger partial charge < -0.3 is 0 Å². The number of hydrogen-bond acceptors (Lipinski definition) is 5. The third-order valence-corrected chi connectivity index (χ3v) is 10.5. The molecule has 0 unspecified atom stereocenters. The van der Waals surface area contributed by atoms with Gasteiger partial charge in [0.2, 0.25) is 16.4 Å². The van der Waals surface area contributed by atoms with Crippen LogP contribution in [0, 0.1) is 11.2 Å². The fourth-order valence-electron chi connectivity index (χ4n) is 6.22. The lowest BCUT2D eigenvalue weighted by atomic mass is 9.53. The number of hydrogen-bond donors (Lipinski definition) is 0. The smallest absolute Gasteiger partial charge is 0.244 e. The number of aromatic nitrogens is 2. The van der Waals surface area contributed by atoms with Crippen molar-refractivity contribution in [3.8, 4) is 0 Å². The number of nitrogens with zero attached hydrogens (tertiary/aromatic N) is 3. The molecular weight excluding hydrogens is 510 g/mol. The predicted octanol–water partition coefficient (Wildman–Crippen LogP) is 4.78. The molecular formula is C26H29F4N3O3S. The maximum Gasteiger partial charge on any atom is 0.244 e. The number of fused-ring (bicyclic) bond motifs is 3. The van der Waals surface area contributed by atoms with Gasteiger partial charge in [0.15, 0.2) is 5.78 Å². The fourth-order valence-corrected chi connectivity index (χ4v) is 7.87. The predicted molar refractivity (Wildman–Crippen MR) is 127 cm³/mol. The molecule has 11 heteroatoms. The maximum absolute atomic E-state index is 14.3. The second-order valence-electron chi connectivity index (χ2n) is 10.7. The molecule has 2 atom stereocenters. The summed E-state index contributed by atoms with van der Waals surface area (Å²) in [4.78, 5) is 21.6. The average molecular weight is 540 g/mol. The van der Waals surface area contributed by atoms with Crippen LogP contribution in [0.2, 0.25) is 0 Å². The molecule has 2 bridgehead atoms. The van der Waals surface area contributed by atoms with Crippen molar-refractivity contribution in [2.24, 2.45) is 5.41 Å². The number of benzene rings is 1. The van der Waals surface area contributed by atoms with Gasteiger partial charge in [-0.15, -0.1) is 0 Å². The molecule has 2 heterocycles. The average Bonchev–Trinajstić information content (AvgIpc) is 3.31. The molecule has 4 aliphatic rings. The van der Waals surface area contributed by atoms with Crippen molar-refractivity contribution in [2.75, 3.05) is 6.54 Å². The minimum Gasteiger partial charge on any atom is -0.298 e. The fraction of sp³-hybridized carbons (Fsp3) is 0.577. The van der Waals surface area contributed by atoms with E-state index in [1.54, 1.807) is 0 Å². The van der Waals surface area contributed by atoms with Gasteiger partial charge >= 0.3 is 0 Å². The summed E-state index contributed by atoms with van der Waals surface area (Å²) in [5.74, 6) is -1.02. The number of carbonyl (C=O) groups excluding carboxylic acids is 1. The van der Waals surface area contributed by atoms with Gasteiger partial charge in [0.05, 0.1) is 16.6 Å². The Morgan fingerprint density at radius 2 is 1.70 bits per heavy atom. The van der Waals surface area contributed by atoms with E-state index in [2.05, 4.69) is 9.97 Å². The van der Waals surface area contributed by atoms with Gasteiger partial charge in [-0.1, -0.05) is 0 Å². The molecule has 1 aliphatic heterocycles. The SMILES string of the molecule is O=C(CCc1cc(C23CCC(C(F)F)(CC2)CC3)ncn1)[C@@H]1C[C@@H](F)CN1S(=O)(=O)c1ccc(F)cc1. The molecule has 2 aromatic rings. The van der Waals surface area contributed by atoms with Crippen molar-refractivity contribution in [1.82, 2.24) is 14.3 Å². The van der Waals surface area contributed by atoms with Gasteiger partial charge in [-0.2, -0.15) is 4.31 Å². The summed E-state index contributed by atoms with van der Waals surface area (Å²) in [6, 6.07) is 4.89. The Labute approximate surface area is 213 Å². The number of rotatable bonds is 8. The van der Waals surface area contributed by atoms with Crippen molar-refractivity contribution in [1.29, 1.82) is 0 Å². The molecule has 1 aromatic carbocycles. The summed E-state index contributed by atoms with van der Waals surface area (Å²) in [5, 5.41) is 0. The Bertz CT molecular complexity index is 1250. The molecule has 6 nitrogen and oxygen atoms in total. The molecule has 1 saturated heterocycles. The van der Waals surface area contributed by atoms with Crippen molar-refractivity contribution in [2.45, 2.75) is 86.7 Å². The standard InChI is InChI=1S/C26H29F4N3O3S/c27-17-1-4-20(5-2-17)37(35,36)33-15-18(28)13-21(33)22(34)6-3-19-14-23(32-16-31-19)25-7-10-26(11-8-25,12-9-25)24(29)30/h1-2,4-5,14,16,18,21,24H,3,6-13,15H2/t18-,21+,25?,26?/m1/s1. The molecule has 200 valence electrons. The first-order valence-corrected chi connectivity index (χ1v) is 14.0. The van der Waals surface area contributed by atoms with Crippen LogP contribution < -0.4 is 0 Å². The summed E-state index contributed by atoms with van der Waals surface area (Å²) in [7, 11) is -4.18. The molecule has 0 amide bonds. The number of ketones is 1. The zero-order valence-electron chi connectivity index (χ0n) is 20.3. The topological polar surface area (TPSA) is 80.2 Å². The van der Waals surface area contributed by atoms with Crippen LogP contribution in [0.25, 0.3) is 0 Å². The van der Waals surface area contributed by atoms with Crippen LogP contribution in [-0.4, -0.2) is 53.7 Å². The Morgan fingerprint density at radius 1 is 1.05 bits per heavy atom. The summed E-state index contributed by atoms with van der Waals surface area (Å²) in [5.41, 5.74) is 0.273. The maximum atomic E-state index is 14.3. The van der Waals surface area contributed by atoms with Gasteiger partial charge in [-0.25, -0.2) is 35.9 Å². The second-order valence-corrected chi connectivity index (χ2v) is 12.6. The Kier molecular flexibility index (Phi) is 6.89. The molecule has 37 heavy (non-hydrogen) atoms. The van der Waals surface area contributed by atoms with E-state index in [1.807, 2.05) is 6.07 Å². The van der Waals surface area contributed by atoms with Gasteiger partial charge in [-0.05, 0) is 75.3 Å². The largest absolute Gasteiger partial charge is 0.298 e. The third kappa shape index (κ3) is 4.80. The molecule has 0 spiro atoms. The molecule has 3 aliphatic carbocycles. The summed E-state index contributed by atoms with van der Waals surface area (Å²) < 4.78 is 81.7. The van der Waals surface area contributed by atoms with Gasteiger partial charge in [0.25, 0.3) is 0 Å². The lowest BCUT2D eigenvalue weighted by Crippen LogP contribution is -2.47. The third-order valence-electron chi connectivity index (χ3n) is 8.66. The van der Waals surface area contributed by atoms with Crippen LogP contribution in [0.15, 0.2) is 41.6 Å². The van der Waals surface area contributed by atoms with E-state index in [4.69, 9.17) is 0 Å². The number of sulfonamides is 1. The van der Waals surface area contributed by atoms with E-state index >= 15 is 0 Å². The number of carbonyl (C=O) groups is 1. The number of alkyl halides is 3. The van der Waals surface area contributed by atoms with E-state index in [1.165, 1.54) is 6.33 Å². The second kappa shape index (κ2) is 9.72. The van der Waals surface area contributed by atoms with Crippen LogP contribution in [0.5, 0.6) is 0 Å². The lowest BCUT2D eigenvalue weighted by molar-refractivity contribution is -0.122. The highest BCUT2D eigenvalue weighted by Gasteiger charge is 2.54. The molecule has 6 rings (SSSR count). The van der Waals surface area contributed by atoms with Crippen LogP contribution in [-0.2, 0) is 26.7 Å². The number of Topliss-reactive ketones (excluding diaryl/α,β-unsaturated/α-hetero) is 1. The first-order valence-electron chi connectivity index (χ1n) is 12.6. The van der Waals surface area contributed by atoms with Gasteiger partial charge in [0.1, 0.15) is 18.3 Å². The highest BCUT2D eigenvalue weighted by molar-refractivity contribution is 7.89. The normalized spacial score (nSPS) is 30.2. The summed E-state index contributed by atoms with van der Waals surface area (Å²) in [6.45, 7) is -0.434. The summed E-state index contributed by atoms with van der Waals surface area (Å²) in [6.07, 6.45) is 0.903. The van der Waals surface area contributed by atoms with Crippen molar-refractivity contribution in [3.63, 3.8) is 0 Å². The first kappa shape index (κ1) is 26.2. The quantitative estimate of drug-likeness (QED) is 0.452. The van der Waals surface area contributed by atoms with Crippen molar-refractivity contribution < 1.29 is 30.8 Å².